The van der Waals surface area contributed by atoms with Gasteiger partial charge in [0.05, 0.1) is 0 Å². The molecule has 0 rings (SSSR count). The molecule has 4 nitrogen and oxygen atoms in total. The van der Waals surface area contributed by atoms with Gasteiger partial charge in [-0.3, -0.25) is 0 Å². The second-order valence-corrected chi connectivity index (χ2v) is 35.8. The SMILES string of the molecule is CCC[CH2][Sn]([CH2]CCC)([CH2]CCC)[O]C(=O)C(Br)C(Br)C(=O)[O][Sn]([CH2]CCC)([CH2]CCC)[CH2]CCC. The minimum atomic E-state index is -3.11. The Hall–Kier alpha value is 1.50. The molecule has 214 valence electrons. The summed E-state index contributed by atoms with van der Waals surface area (Å²) in [6.07, 6.45) is 13.6. The van der Waals surface area contributed by atoms with Crippen LogP contribution < -0.4 is 0 Å². The van der Waals surface area contributed by atoms with Crippen molar-refractivity contribution in [2.45, 2.75) is 155 Å². The summed E-state index contributed by atoms with van der Waals surface area (Å²) in [4.78, 5) is 25.5. The Kier molecular flexibility index (Phi) is 23.1. The first-order chi connectivity index (χ1) is 17.2. The van der Waals surface area contributed by atoms with Crippen molar-refractivity contribution >= 4 is 81.4 Å². The van der Waals surface area contributed by atoms with Crippen LogP contribution in [0.1, 0.15) is 119 Å². The predicted octanol–water partition coefficient (Wildman–Crippen LogP) is 10.3. The van der Waals surface area contributed by atoms with Gasteiger partial charge in [-0.15, -0.1) is 0 Å². The minimum absolute atomic E-state index is 0.246. The third-order valence-electron chi connectivity index (χ3n) is 7.26. The number of carbonyl (C=O) groups excluding carboxylic acids is 2. The summed E-state index contributed by atoms with van der Waals surface area (Å²) in [7, 11) is 0. The van der Waals surface area contributed by atoms with Crippen molar-refractivity contribution in [2.24, 2.45) is 0 Å². The van der Waals surface area contributed by atoms with Crippen LogP contribution in [0.3, 0.4) is 0 Å². The quantitative estimate of drug-likeness (QED) is 0.0759. The van der Waals surface area contributed by atoms with Gasteiger partial charge in [-0.05, 0) is 0 Å². The summed E-state index contributed by atoms with van der Waals surface area (Å²) in [5.41, 5.74) is 0. The van der Waals surface area contributed by atoms with E-state index in [4.69, 9.17) is 6.15 Å². The molecular weight excluding hydrogens is 798 g/mol. The second-order valence-electron chi connectivity index (χ2n) is 10.6. The number of hydrogen-bond donors (Lipinski definition) is 0. The third kappa shape index (κ3) is 14.8. The Balaban J connectivity index is 5.63. The molecule has 0 aromatic heterocycles. The molecule has 2 atom stereocenters. The Morgan fingerprint density at radius 2 is 0.694 bits per heavy atom. The van der Waals surface area contributed by atoms with Crippen LogP contribution in [-0.4, -0.2) is 59.2 Å². The summed E-state index contributed by atoms with van der Waals surface area (Å²) in [5, 5.41) is 0. The van der Waals surface area contributed by atoms with Crippen molar-refractivity contribution < 1.29 is 15.7 Å². The molecule has 0 aliphatic heterocycles. The van der Waals surface area contributed by atoms with Crippen LogP contribution in [0, 0.1) is 0 Å². The van der Waals surface area contributed by atoms with E-state index in [9.17, 15) is 9.59 Å². The molecule has 0 aromatic carbocycles. The summed E-state index contributed by atoms with van der Waals surface area (Å²) in [5.74, 6) is -0.492. The van der Waals surface area contributed by atoms with Gasteiger partial charge in [0, 0.05) is 0 Å². The Morgan fingerprint density at radius 1 is 0.500 bits per heavy atom. The van der Waals surface area contributed by atoms with E-state index in [1.165, 1.54) is 0 Å². The van der Waals surface area contributed by atoms with E-state index < -0.39 is 47.2 Å². The van der Waals surface area contributed by atoms with E-state index in [-0.39, 0.29) is 11.9 Å². The van der Waals surface area contributed by atoms with Crippen LogP contribution >= 0.6 is 31.9 Å². The Morgan fingerprint density at radius 3 is 0.861 bits per heavy atom. The van der Waals surface area contributed by atoms with E-state index in [1.807, 2.05) is 0 Å². The van der Waals surface area contributed by atoms with E-state index in [0.717, 1.165) is 104 Å². The number of hydrogen-bond acceptors (Lipinski definition) is 4. The molecule has 36 heavy (non-hydrogen) atoms. The molecular formula is C28H56Br2O4Sn2. The fourth-order valence-corrected chi connectivity index (χ4v) is 32.7. The normalized spacial score (nSPS) is 13.9. The van der Waals surface area contributed by atoms with Gasteiger partial charge in [0.15, 0.2) is 0 Å². The van der Waals surface area contributed by atoms with Crippen LogP contribution in [0.5, 0.6) is 0 Å². The van der Waals surface area contributed by atoms with E-state index in [2.05, 4.69) is 73.4 Å². The van der Waals surface area contributed by atoms with Crippen LogP contribution in [0.2, 0.25) is 26.6 Å². The summed E-state index contributed by atoms with van der Waals surface area (Å²) >= 11 is 0.916. The Bertz CT molecular complexity index is 498. The monoisotopic (exact) mass is 854 g/mol. The van der Waals surface area contributed by atoms with Crippen molar-refractivity contribution in [3.63, 3.8) is 0 Å². The van der Waals surface area contributed by atoms with Crippen LogP contribution in [0.15, 0.2) is 0 Å². The first-order valence-corrected chi connectivity index (χ1v) is 31.2. The van der Waals surface area contributed by atoms with Crippen molar-refractivity contribution in [1.29, 1.82) is 0 Å². The zero-order valence-corrected chi connectivity index (χ0v) is 33.2. The molecule has 0 saturated heterocycles. The van der Waals surface area contributed by atoms with Gasteiger partial charge >= 0.3 is 252 Å². The molecule has 0 saturated carbocycles. The van der Waals surface area contributed by atoms with Crippen LogP contribution in [0.25, 0.3) is 0 Å². The number of halogens is 2. The summed E-state index contributed by atoms with van der Waals surface area (Å²) < 4.78 is 19.6. The average molecular weight is 854 g/mol. The fraction of sp³-hybridized carbons (Fsp3) is 0.929. The molecule has 2 unspecified atom stereocenters. The standard InChI is InChI=1S/C4H4Br2O4.6C4H9.2Sn/c5-1(3(7)8)2(6)4(9)10;6*1-3-4-2;;/h1-2H,(H,7,8)(H,9,10);6*1,3-4H2,2H3;;/q;;;;;;;2*+1/p-2. The maximum atomic E-state index is 13.4. The number of alkyl halides is 2. The number of carbonyl (C=O) groups is 2. The molecule has 0 radical (unpaired) electrons. The zero-order valence-electron chi connectivity index (χ0n) is 24.3. The topological polar surface area (TPSA) is 52.6 Å². The maximum absolute atomic E-state index is 13.4. The van der Waals surface area contributed by atoms with E-state index in [0.29, 0.717) is 0 Å². The van der Waals surface area contributed by atoms with E-state index in [1.54, 1.807) is 0 Å². The van der Waals surface area contributed by atoms with E-state index >= 15 is 0 Å². The molecule has 0 fully saturated rings. The van der Waals surface area contributed by atoms with Crippen LogP contribution in [0.4, 0.5) is 0 Å². The van der Waals surface area contributed by atoms with Gasteiger partial charge < -0.3 is 0 Å². The zero-order chi connectivity index (χ0) is 27.5. The molecule has 0 heterocycles. The van der Waals surface area contributed by atoms with Crippen LogP contribution in [-0.2, 0) is 15.7 Å². The van der Waals surface area contributed by atoms with Gasteiger partial charge in [-0.1, -0.05) is 0 Å². The molecule has 0 bridgehead atoms. The third-order valence-corrected chi connectivity index (χ3v) is 35.1. The van der Waals surface area contributed by atoms with Gasteiger partial charge in [-0.25, -0.2) is 0 Å². The fourth-order valence-electron chi connectivity index (χ4n) is 4.83. The molecule has 0 spiro atoms. The van der Waals surface area contributed by atoms with Crippen molar-refractivity contribution in [3.8, 4) is 0 Å². The molecule has 0 aliphatic carbocycles. The number of rotatable bonds is 23. The molecule has 0 amide bonds. The molecule has 0 N–H and O–H groups in total. The summed E-state index contributed by atoms with van der Waals surface area (Å²) in [6.45, 7) is 13.3. The number of unbranched alkanes of at least 4 members (excludes halogenated alkanes) is 6. The Labute approximate surface area is 249 Å². The summed E-state index contributed by atoms with van der Waals surface area (Å²) in [6, 6.07) is 0. The molecule has 0 aliphatic rings. The van der Waals surface area contributed by atoms with Crippen molar-refractivity contribution in [2.75, 3.05) is 0 Å². The molecule has 0 aromatic rings. The van der Waals surface area contributed by atoms with Crippen molar-refractivity contribution in [3.05, 3.63) is 0 Å². The van der Waals surface area contributed by atoms with Gasteiger partial charge in [0.2, 0.25) is 0 Å². The first kappa shape index (κ1) is 37.5. The van der Waals surface area contributed by atoms with Gasteiger partial charge in [-0.2, -0.15) is 0 Å². The average Bonchev–Trinajstić information content (AvgIpc) is 2.89. The van der Waals surface area contributed by atoms with Crippen molar-refractivity contribution in [1.82, 2.24) is 0 Å². The first-order valence-electron chi connectivity index (χ1n) is 14.9. The van der Waals surface area contributed by atoms with Gasteiger partial charge in [0.1, 0.15) is 0 Å². The second kappa shape index (κ2) is 22.2. The van der Waals surface area contributed by atoms with Gasteiger partial charge in [0.25, 0.3) is 0 Å². The predicted molar refractivity (Wildman–Crippen MR) is 167 cm³/mol. The molecule has 8 heteroatoms.